The number of hydrogen-bond donors (Lipinski definition) is 0. The van der Waals surface area contributed by atoms with Crippen LogP contribution in [0.1, 0.15) is 20.8 Å². The summed E-state index contributed by atoms with van der Waals surface area (Å²) < 4.78 is 5.32. The number of carbonyl (C=O) groups excluding carboxylic acids is 1. The lowest BCUT2D eigenvalue weighted by Crippen LogP contribution is -2.32. The molecule has 1 aliphatic heterocycles. The normalized spacial score (nSPS) is 21.3. The van der Waals surface area contributed by atoms with Crippen molar-refractivity contribution in [1.82, 2.24) is 4.90 Å². The van der Waals surface area contributed by atoms with Crippen LogP contribution in [0.2, 0.25) is 0 Å². The highest BCUT2D eigenvalue weighted by Gasteiger charge is 2.16. The molecule has 0 aromatic rings. The molecule has 3 heteroatoms. The van der Waals surface area contributed by atoms with Gasteiger partial charge in [0.2, 0.25) is 5.91 Å². The monoisotopic (exact) mass is 181 g/mol. The fourth-order valence-electron chi connectivity index (χ4n) is 1.32. The maximum absolute atomic E-state index is 11.1. The van der Waals surface area contributed by atoms with Crippen LogP contribution < -0.4 is 0 Å². The Kier molecular flexibility index (Phi) is 3.12. The summed E-state index contributed by atoms with van der Waals surface area (Å²) in [4.78, 5) is 12.7. The molecule has 0 spiro atoms. The lowest BCUT2D eigenvalue weighted by molar-refractivity contribution is -0.127. The molecule has 1 unspecified atom stereocenters. The van der Waals surface area contributed by atoms with Crippen molar-refractivity contribution in [2.75, 3.05) is 6.61 Å². The van der Waals surface area contributed by atoms with Crippen molar-refractivity contribution in [2.45, 2.75) is 26.8 Å². The Hall–Kier alpha value is -1.25. The van der Waals surface area contributed by atoms with Gasteiger partial charge in [0.1, 0.15) is 5.76 Å². The van der Waals surface area contributed by atoms with Crippen molar-refractivity contribution < 1.29 is 9.53 Å². The van der Waals surface area contributed by atoms with Crippen molar-refractivity contribution in [3.05, 3.63) is 24.1 Å². The Morgan fingerprint density at radius 3 is 2.85 bits per heavy atom. The van der Waals surface area contributed by atoms with Crippen molar-refractivity contribution in [3.8, 4) is 0 Å². The lowest BCUT2D eigenvalue weighted by Gasteiger charge is -2.25. The number of ether oxygens (including phenoxy) is 1. The number of nitrogens with zero attached hydrogens (tertiary/aromatic N) is 1. The quantitative estimate of drug-likeness (QED) is 0.648. The van der Waals surface area contributed by atoms with Crippen LogP contribution in [0, 0.1) is 0 Å². The zero-order valence-corrected chi connectivity index (χ0v) is 8.28. The zero-order chi connectivity index (χ0) is 9.84. The van der Waals surface area contributed by atoms with Gasteiger partial charge in [0, 0.05) is 13.1 Å². The van der Waals surface area contributed by atoms with Crippen molar-refractivity contribution in [3.63, 3.8) is 0 Å². The predicted octanol–water partition coefficient (Wildman–Crippen LogP) is 1.67. The van der Waals surface area contributed by atoms with Gasteiger partial charge in [-0.3, -0.25) is 4.79 Å². The maximum atomic E-state index is 11.1. The molecule has 1 amide bonds. The van der Waals surface area contributed by atoms with Crippen LogP contribution in [0.5, 0.6) is 0 Å². The van der Waals surface area contributed by atoms with Crippen LogP contribution in [0.4, 0.5) is 0 Å². The molecule has 0 aliphatic carbocycles. The second-order valence-electron chi connectivity index (χ2n) is 2.98. The summed E-state index contributed by atoms with van der Waals surface area (Å²) in [6.07, 6.45) is 5.51. The van der Waals surface area contributed by atoms with E-state index in [1.165, 1.54) is 0 Å². The number of carbonyl (C=O) groups is 1. The molecular formula is C10H15NO2. The summed E-state index contributed by atoms with van der Waals surface area (Å²) in [6.45, 7) is 6.12. The average molecular weight is 181 g/mol. The van der Waals surface area contributed by atoms with Crippen molar-refractivity contribution in [2.24, 2.45) is 0 Å². The van der Waals surface area contributed by atoms with Crippen LogP contribution in [-0.2, 0) is 9.53 Å². The molecular weight excluding hydrogens is 166 g/mol. The van der Waals surface area contributed by atoms with Gasteiger partial charge >= 0.3 is 0 Å². The van der Waals surface area contributed by atoms with Gasteiger partial charge in [0.15, 0.2) is 0 Å². The molecule has 0 bridgehead atoms. The SMILES string of the molecule is CCOC1=CC(C)N(C(C)=O)C=C1. The summed E-state index contributed by atoms with van der Waals surface area (Å²) >= 11 is 0. The van der Waals surface area contributed by atoms with Crippen LogP contribution >= 0.6 is 0 Å². The third kappa shape index (κ3) is 2.34. The molecule has 72 valence electrons. The van der Waals surface area contributed by atoms with E-state index in [0.717, 1.165) is 5.76 Å². The van der Waals surface area contributed by atoms with E-state index in [1.54, 1.807) is 18.0 Å². The largest absolute Gasteiger partial charge is 0.494 e. The topological polar surface area (TPSA) is 29.5 Å². The first kappa shape index (κ1) is 9.84. The molecule has 0 aromatic carbocycles. The van der Waals surface area contributed by atoms with E-state index in [4.69, 9.17) is 4.74 Å². The molecule has 1 rings (SSSR count). The highest BCUT2D eigenvalue weighted by atomic mass is 16.5. The van der Waals surface area contributed by atoms with Crippen LogP contribution in [0.25, 0.3) is 0 Å². The average Bonchev–Trinajstić information content (AvgIpc) is 2.04. The highest BCUT2D eigenvalue weighted by Crippen LogP contribution is 2.14. The molecule has 3 nitrogen and oxygen atoms in total. The van der Waals surface area contributed by atoms with Gasteiger partial charge in [-0.25, -0.2) is 0 Å². The van der Waals surface area contributed by atoms with E-state index >= 15 is 0 Å². The first-order valence-electron chi connectivity index (χ1n) is 4.47. The Balaban J connectivity index is 2.67. The Morgan fingerprint density at radius 1 is 1.69 bits per heavy atom. The first-order valence-corrected chi connectivity index (χ1v) is 4.47. The van der Waals surface area contributed by atoms with Gasteiger partial charge in [-0.2, -0.15) is 0 Å². The summed E-state index contributed by atoms with van der Waals surface area (Å²) in [5, 5.41) is 0. The summed E-state index contributed by atoms with van der Waals surface area (Å²) in [6, 6.07) is 0.0871. The molecule has 0 aromatic heterocycles. The van der Waals surface area contributed by atoms with Crippen LogP contribution in [0.3, 0.4) is 0 Å². The Bertz CT molecular complexity index is 256. The fourth-order valence-corrected chi connectivity index (χ4v) is 1.32. The Labute approximate surface area is 78.7 Å². The van der Waals surface area contributed by atoms with Crippen LogP contribution in [0.15, 0.2) is 24.1 Å². The highest BCUT2D eigenvalue weighted by molar-refractivity contribution is 5.75. The molecule has 1 heterocycles. The molecule has 0 fully saturated rings. The maximum Gasteiger partial charge on any atom is 0.223 e. The Morgan fingerprint density at radius 2 is 2.38 bits per heavy atom. The minimum atomic E-state index is 0.0514. The third-order valence-corrected chi connectivity index (χ3v) is 1.92. The number of allylic oxidation sites excluding steroid dienone is 1. The first-order chi connectivity index (χ1) is 6.15. The fraction of sp³-hybridized carbons (Fsp3) is 0.500. The van der Waals surface area contributed by atoms with E-state index in [9.17, 15) is 4.79 Å². The number of amides is 1. The second kappa shape index (κ2) is 4.12. The number of rotatable bonds is 2. The van der Waals surface area contributed by atoms with E-state index in [0.29, 0.717) is 6.61 Å². The van der Waals surface area contributed by atoms with Crippen molar-refractivity contribution >= 4 is 5.91 Å². The molecule has 1 aliphatic rings. The van der Waals surface area contributed by atoms with Gasteiger partial charge in [-0.15, -0.1) is 0 Å². The zero-order valence-electron chi connectivity index (χ0n) is 8.28. The van der Waals surface area contributed by atoms with Gasteiger partial charge in [0.25, 0.3) is 0 Å². The van der Waals surface area contributed by atoms with E-state index in [-0.39, 0.29) is 11.9 Å². The second-order valence-corrected chi connectivity index (χ2v) is 2.98. The molecule has 0 saturated heterocycles. The summed E-state index contributed by atoms with van der Waals surface area (Å²) in [5.74, 6) is 0.892. The smallest absolute Gasteiger partial charge is 0.223 e. The van der Waals surface area contributed by atoms with Crippen molar-refractivity contribution in [1.29, 1.82) is 0 Å². The van der Waals surface area contributed by atoms with E-state index in [2.05, 4.69) is 0 Å². The van der Waals surface area contributed by atoms with Gasteiger partial charge in [-0.05, 0) is 26.0 Å². The molecule has 13 heavy (non-hydrogen) atoms. The molecule has 0 N–H and O–H groups in total. The molecule has 1 atom stereocenters. The number of hydrogen-bond acceptors (Lipinski definition) is 2. The van der Waals surface area contributed by atoms with Crippen LogP contribution in [-0.4, -0.2) is 23.5 Å². The van der Waals surface area contributed by atoms with Gasteiger partial charge < -0.3 is 9.64 Å². The van der Waals surface area contributed by atoms with Gasteiger partial charge in [-0.1, -0.05) is 0 Å². The summed E-state index contributed by atoms with van der Waals surface area (Å²) in [5.41, 5.74) is 0. The molecule has 0 saturated carbocycles. The predicted molar refractivity (Wildman–Crippen MR) is 50.8 cm³/mol. The van der Waals surface area contributed by atoms with E-state index in [1.807, 2.05) is 26.0 Å². The molecule has 0 radical (unpaired) electrons. The van der Waals surface area contributed by atoms with Gasteiger partial charge in [0.05, 0.1) is 12.6 Å². The van der Waals surface area contributed by atoms with E-state index < -0.39 is 0 Å². The minimum absolute atomic E-state index is 0.0514. The standard InChI is InChI=1S/C10H15NO2/c1-4-13-10-5-6-11(9(3)12)8(2)7-10/h5-8H,4H2,1-3H3. The summed E-state index contributed by atoms with van der Waals surface area (Å²) in [7, 11) is 0. The third-order valence-electron chi connectivity index (χ3n) is 1.92. The lowest BCUT2D eigenvalue weighted by atomic mass is 10.2. The minimum Gasteiger partial charge on any atom is -0.494 e.